The second-order valence-corrected chi connectivity index (χ2v) is 5.02. The third kappa shape index (κ3) is 3.67. The van der Waals surface area contributed by atoms with E-state index in [4.69, 9.17) is 18.0 Å². The molecule has 0 saturated heterocycles. The summed E-state index contributed by atoms with van der Waals surface area (Å²) >= 11 is 4.85. The van der Waals surface area contributed by atoms with E-state index in [9.17, 15) is 4.39 Å². The molecule has 0 saturated carbocycles. The monoisotopic (exact) mass is 268 g/mol. The van der Waals surface area contributed by atoms with Gasteiger partial charge in [-0.05, 0) is 31.0 Å². The Morgan fingerprint density at radius 1 is 1.44 bits per heavy atom. The Morgan fingerprint density at radius 3 is 2.56 bits per heavy atom. The molecule has 1 atom stereocenters. The van der Waals surface area contributed by atoms with Gasteiger partial charge >= 0.3 is 0 Å². The molecular weight excluding hydrogens is 247 g/mol. The van der Waals surface area contributed by atoms with Gasteiger partial charge in [0.25, 0.3) is 0 Å². The number of halogens is 1. The molecule has 2 nitrogen and oxygen atoms in total. The molecule has 0 heterocycles. The Labute approximate surface area is 114 Å². The van der Waals surface area contributed by atoms with E-state index in [1.165, 1.54) is 6.07 Å². The first kappa shape index (κ1) is 14.9. The van der Waals surface area contributed by atoms with Gasteiger partial charge in [-0.2, -0.15) is 0 Å². The quantitative estimate of drug-likeness (QED) is 0.802. The fourth-order valence-electron chi connectivity index (χ4n) is 1.82. The minimum absolute atomic E-state index is 0.227. The van der Waals surface area contributed by atoms with E-state index in [-0.39, 0.29) is 10.8 Å². The summed E-state index contributed by atoms with van der Waals surface area (Å²) in [5.74, 6) is 0.282. The highest BCUT2D eigenvalue weighted by molar-refractivity contribution is 7.80. The second-order valence-electron chi connectivity index (χ2n) is 4.58. The molecule has 0 aliphatic heterocycles. The third-order valence-electron chi connectivity index (χ3n) is 3.18. The fourth-order valence-corrected chi connectivity index (χ4v) is 1.95. The molecule has 0 radical (unpaired) electrons. The number of rotatable bonds is 6. The minimum atomic E-state index is -0.259. The average Bonchev–Trinajstić information content (AvgIpc) is 2.35. The standard InChI is InChI=1S/C14H21FN2S/c1-4-10(3)9-17(5-2)13-7-6-11(14(16)18)8-12(13)15/h6-8,10H,4-5,9H2,1-3H3,(H2,16,18). The molecule has 0 aromatic heterocycles. The first-order valence-corrected chi connectivity index (χ1v) is 6.74. The van der Waals surface area contributed by atoms with Gasteiger partial charge in [-0.1, -0.05) is 32.5 Å². The molecule has 0 aliphatic rings. The molecule has 0 amide bonds. The van der Waals surface area contributed by atoms with E-state index < -0.39 is 0 Å². The van der Waals surface area contributed by atoms with E-state index in [0.717, 1.165) is 19.5 Å². The van der Waals surface area contributed by atoms with Gasteiger partial charge in [-0.3, -0.25) is 0 Å². The zero-order valence-electron chi connectivity index (χ0n) is 11.2. The maximum absolute atomic E-state index is 14.0. The van der Waals surface area contributed by atoms with E-state index in [1.807, 2.05) is 11.8 Å². The molecule has 100 valence electrons. The van der Waals surface area contributed by atoms with Crippen molar-refractivity contribution in [3.63, 3.8) is 0 Å². The lowest BCUT2D eigenvalue weighted by Gasteiger charge is -2.26. The summed E-state index contributed by atoms with van der Waals surface area (Å²) in [6, 6.07) is 4.95. The van der Waals surface area contributed by atoms with Crippen LogP contribution in [0.25, 0.3) is 0 Å². The van der Waals surface area contributed by atoms with Gasteiger partial charge in [0.05, 0.1) is 5.69 Å². The summed E-state index contributed by atoms with van der Waals surface area (Å²) in [5, 5.41) is 0. The molecule has 0 aliphatic carbocycles. The van der Waals surface area contributed by atoms with Crippen molar-refractivity contribution in [1.29, 1.82) is 0 Å². The highest BCUT2D eigenvalue weighted by atomic mass is 32.1. The largest absolute Gasteiger partial charge is 0.389 e. The molecular formula is C14H21FN2S. The Kier molecular flexibility index (Phi) is 5.54. The number of hydrogen-bond donors (Lipinski definition) is 1. The summed E-state index contributed by atoms with van der Waals surface area (Å²) in [6.07, 6.45) is 1.09. The summed E-state index contributed by atoms with van der Waals surface area (Å²) in [6.45, 7) is 7.99. The van der Waals surface area contributed by atoms with Crippen LogP contribution in [0.3, 0.4) is 0 Å². The van der Waals surface area contributed by atoms with Crippen molar-refractivity contribution in [3.8, 4) is 0 Å². The fraction of sp³-hybridized carbons (Fsp3) is 0.500. The molecule has 0 bridgehead atoms. The Balaban J connectivity index is 2.96. The summed E-state index contributed by atoms with van der Waals surface area (Å²) in [5.41, 5.74) is 6.69. The van der Waals surface area contributed by atoms with E-state index in [2.05, 4.69) is 13.8 Å². The van der Waals surface area contributed by atoms with Gasteiger partial charge in [-0.15, -0.1) is 0 Å². The van der Waals surface area contributed by atoms with Crippen molar-refractivity contribution < 1.29 is 4.39 Å². The van der Waals surface area contributed by atoms with Crippen LogP contribution in [0.2, 0.25) is 0 Å². The first-order chi connectivity index (χ1) is 8.49. The van der Waals surface area contributed by atoms with Crippen LogP contribution in [0.4, 0.5) is 10.1 Å². The van der Waals surface area contributed by atoms with Crippen molar-refractivity contribution in [2.45, 2.75) is 27.2 Å². The molecule has 1 unspecified atom stereocenters. The summed E-state index contributed by atoms with van der Waals surface area (Å²) in [7, 11) is 0. The smallest absolute Gasteiger partial charge is 0.147 e. The molecule has 1 rings (SSSR count). The summed E-state index contributed by atoms with van der Waals surface area (Å²) < 4.78 is 14.0. The van der Waals surface area contributed by atoms with Crippen LogP contribution in [-0.2, 0) is 0 Å². The van der Waals surface area contributed by atoms with Crippen LogP contribution >= 0.6 is 12.2 Å². The van der Waals surface area contributed by atoms with E-state index >= 15 is 0 Å². The van der Waals surface area contributed by atoms with Crippen LogP contribution in [0.15, 0.2) is 18.2 Å². The maximum Gasteiger partial charge on any atom is 0.147 e. The van der Waals surface area contributed by atoms with E-state index in [0.29, 0.717) is 17.2 Å². The lowest BCUT2D eigenvalue weighted by Crippen LogP contribution is -2.29. The number of nitrogens with zero attached hydrogens (tertiary/aromatic N) is 1. The number of anilines is 1. The predicted molar refractivity (Wildman–Crippen MR) is 79.6 cm³/mol. The molecule has 4 heteroatoms. The molecule has 0 spiro atoms. The Morgan fingerprint density at radius 2 is 2.11 bits per heavy atom. The maximum atomic E-state index is 14.0. The highest BCUT2D eigenvalue weighted by Gasteiger charge is 2.13. The topological polar surface area (TPSA) is 29.3 Å². The van der Waals surface area contributed by atoms with Crippen molar-refractivity contribution >= 4 is 22.9 Å². The Hall–Kier alpha value is -1.16. The van der Waals surface area contributed by atoms with Gasteiger partial charge in [0.15, 0.2) is 0 Å². The number of thiocarbonyl (C=S) groups is 1. The first-order valence-electron chi connectivity index (χ1n) is 6.33. The summed E-state index contributed by atoms with van der Waals surface area (Å²) in [4.78, 5) is 2.28. The van der Waals surface area contributed by atoms with Crippen LogP contribution < -0.4 is 10.6 Å². The normalized spacial score (nSPS) is 12.2. The van der Waals surface area contributed by atoms with Gasteiger partial charge in [0.1, 0.15) is 10.8 Å². The van der Waals surface area contributed by atoms with Gasteiger partial charge in [0.2, 0.25) is 0 Å². The van der Waals surface area contributed by atoms with Gasteiger partial charge in [-0.25, -0.2) is 4.39 Å². The van der Waals surface area contributed by atoms with Gasteiger partial charge < -0.3 is 10.6 Å². The zero-order chi connectivity index (χ0) is 13.7. The third-order valence-corrected chi connectivity index (χ3v) is 3.42. The van der Waals surface area contributed by atoms with Crippen molar-refractivity contribution in [3.05, 3.63) is 29.6 Å². The lowest BCUT2D eigenvalue weighted by atomic mass is 10.1. The number of nitrogens with two attached hydrogens (primary N) is 1. The minimum Gasteiger partial charge on any atom is -0.389 e. The zero-order valence-corrected chi connectivity index (χ0v) is 12.1. The SMILES string of the molecule is CCC(C)CN(CC)c1ccc(C(N)=S)cc1F. The molecule has 0 fully saturated rings. The van der Waals surface area contributed by atoms with Crippen LogP contribution in [0.1, 0.15) is 32.8 Å². The molecule has 18 heavy (non-hydrogen) atoms. The van der Waals surface area contributed by atoms with Crippen molar-refractivity contribution in [2.75, 3.05) is 18.0 Å². The average molecular weight is 268 g/mol. The predicted octanol–water partition coefficient (Wildman–Crippen LogP) is 3.33. The van der Waals surface area contributed by atoms with Crippen LogP contribution in [0, 0.1) is 11.7 Å². The highest BCUT2D eigenvalue weighted by Crippen LogP contribution is 2.22. The molecule has 1 aromatic carbocycles. The number of benzene rings is 1. The lowest BCUT2D eigenvalue weighted by molar-refractivity contribution is 0.538. The number of hydrogen-bond acceptors (Lipinski definition) is 2. The van der Waals surface area contributed by atoms with E-state index in [1.54, 1.807) is 12.1 Å². The Bertz CT molecular complexity index is 420. The van der Waals surface area contributed by atoms with Crippen LogP contribution in [-0.4, -0.2) is 18.1 Å². The molecule has 2 N–H and O–H groups in total. The van der Waals surface area contributed by atoms with Gasteiger partial charge in [0, 0.05) is 18.7 Å². The molecule has 1 aromatic rings. The van der Waals surface area contributed by atoms with Crippen molar-refractivity contribution in [2.24, 2.45) is 11.7 Å². The second kappa shape index (κ2) is 6.69. The van der Waals surface area contributed by atoms with Crippen molar-refractivity contribution in [1.82, 2.24) is 0 Å². The van der Waals surface area contributed by atoms with Crippen LogP contribution in [0.5, 0.6) is 0 Å².